The van der Waals surface area contributed by atoms with E-state index in [1.165, 1.54) is 6.33 Å². The average molecular weight is 825 g/mol. The van der Waals surface area contributed by atoms with E-state index in [1.54, 1.807) is 17.0 Å². The first-order chi connectivity index (χ1) is 12.4. The Morgan fingerprint density at radius 2 is 1.28 bits per heavy atom. The van der Waals surface area contributed by atoms with Crippen LogP contribution >= 0.6 is 15.2 Å². The minimum atomic E-state index is -5.34. The van der Waals surface area contributed by atoms with Crippen LogP contribution in [0.3, 0.4) is 0 Å². The Labute approximate surface area is 198 Å². The molecule has 0 radical (unpaired) electrons. The first-order valence-electron chi connectivity index (χ1n) is 8.00. The van der Waals surface area contributed by atoms with Gasteiger partial charge in [-0.2, -0.15) is 0 Å². The Morgan fingerprint density at radius 3 is 1.55 bits per heavy atom. The summed E-state index contributed by atoms with van der Waals surface area (Å²) in [6.45, 7) is 2.86. The fourth-order valence-corrected chi connectivity index (χ4v) is 3.79. The van der Waals surface area contributed by atoms with Crippen molar-refractivity contribution in [2.45, 2.75) is 30.9 Å². The van der Waals surface area contributed by atoms with Crippen LogP contribution in [0.25, 0.3) is 0 Å². The summed E-state index contributed by atoms with van der Waals surface area (Å²) in [5.74, 6) is 0. The van der Waals surface area contributed by atoms with Crippen LogP contribution in [0.4, 0.5) is 0 Å². The van der Waals surface area contributed by atoms with E-state index in [9.17, 15) is 14.2 Å². The van der Waals surface area contributed by atoms with E-state index in [-0.39, 0.29) is 48.6 Å². The van der Waals surface area contributed by atoms with Gasteiger partial charge in [0.1, 0.15) is 0 Å². The van der Waals surface area contributed by atoms with Crippen molar-refractivity contribution in [3.63, 3.8) is 0 Å². The van der Waals surface area contributed by atoms with Gasteiger partial charge in [0, 0.05) is 45.1 Å². The van der Waals surface area contributed by atoms with Crippen molar-refractivity contribution in [2.75, 3.05) is 26.2 Å². The van der Waals surface area contributed by atoms with E-state index in [2.05, 4.69) is 4.98 Å². The van der Waals surface area contributed by atoms with Gasteiger partial charge >= 0.3 is 57.3 Å². The van der Waals surface area contributed by atoms with Crippen LogP contribution in [0.15, 0.2) is 18.7 Å². The molecule has 29 heavy (non-hydrogen) atoms. The largest absolute Gasteiger partial charge is 4.00 e. The van der Waals surface area contributed by atoms with Crippen LogP contribution in [0, 0.1) is 0 Å². The van der Waals surface area contributed by atoms with E-state index in [1.807, 2.05) is 0 Å². The zero-order valence-corrected chi connectivity index (χ0v) is 22.0. The van der Waals surface area contributed by atoms with Crippen molar-refractivity contribution in [2.24, 2.45) is 22.9 Å². The van der Waals surface area contributed by atoms with Gasteiger partial charge in [0.05, 0.1) is 6.33 Å². The van der Waals surface area contributed by atoms with Crippen molar-refractivity contribution in [1.29, 1.82) is 0 Å². The summed E-state index contributed by atoms with van der Waals surface area (Å²) < 4.78 is 23.8. The summed E-state index contributed by atoms with van der Waals surface area (Å²) >= 11 is 0. The Hall–Kier alpha value is 0.687. The molecule has 0 aliphatic rings. The van der Waals surface area contributed by atoms with Crippen molar-refractivity contribution in [1.82, 2.24) is 9.55 Å². The van der Waals surface area contributed by atoms with Gasteiger partial charge in [-0.1, -0.05) is 0 Å². The molecule has 1 aromatic rings. The smallest absolute Gasteiger partial charge is 0.368 e. The zero-order valence-electron chi connectivity index (χ0n) is 15.7. The Morgan fingerprint density at radius 1 is 0.862 bits per heavy atom. The van der Waals surface area contributed by atoms with E-state index >= 15 is 0 Å². The van der Waals surface area contributed by atoms with Crippen molar-refractivity contribution in [3.05, 3.63) is 18.7 Å². The van der Waals surface area contributed by atoms with Gasteiger partial charge in [0.2, 0.25) is 0 Å². The SMILES string of the molecule is NCCN.NCCN.O=P(O)(O)C(O)(CCCCn1ccnc1)P(=O)(O)O.[Pt+4].[Pt+4]. The van der Waals surface area contributed by atoms with E-state index < -0.39 is 26.7 Å². The molecule has 0 aliphatic heterocycles. The van der Waals surface area contributed by atoms with Crippen molar-refractivity contribution >= 4 is 15.2 Å². The number of nitrogens with zero attached hydrogens (tertiary/aromatic N) is 2. The zero-order chi connectivity index (χ0) is 21.6. The molecule has 1 aromatic heterocycles. The van der Waals surface area contributed by atoms with Gasteiger partial charge in [-0.3, -0.25) is 9.13 Å². The third-order valence-corrected chi connectivity index (χ3v) is 6.88. The number of aliphatic hydroxyl groups is 1. The summed E-state index contributed by atoms with van der Waals surface area (Å²) in [5.41, 5.74) is 19.6. The maximum atomic E-state index is 11.1. The molecule has 0 amide bonds. The molecule has 0 atom stereocenters. The normalized spacial score (nSPS) is 11.1. The van der Waals surface area contributed by atoms with Crippen LogP contribution < -0.4 is 22.9 Å². The Bertz CT molecular complexity index is 543. The summed E-state index contributed by atoms with van der Waals surface area (Å²) in [4.78, 5) is 39.4. The topological polar surface area (TPSA) is 257 Å². The summed E-state index contributed by atoms with van der Waals surface area (Å²) in [6.07, 6.45) is 4.53. The molecule has 0 saturated heterocycles. The summed E-state index contributed by atoms with van der Waals surface area (Å²) in [7, 11) is -10.7. The number of aryl methyl sites for hydroxylation is 1. The van der Waals surface area contributed by atoms with Crippen LogP contribution in [0.2, 0.25) is 0 Å². The molecule has 0 spiro atoms. The first-order valence-corrected chi connectivity index (χ1v) is 11.2. The third-order valence-electron chi connectivity index (χ3n) is 3.00. The molecule has 0 bridgehead atoms. The number of unbranched alkanes of at least 4 members (excludes halogenated alkanes) is 1. The van der Waals surface area contributed by atoms with Gasteiger partial charge in [-0.15, -0.1) is 0 Å². The molecule has 1 rings (SSSR count). The molecular formula is C12H32N6O7P2Pt2+8. The van der Waals surface area contributed by atoms with Gasteiger partial charge in [0.15, 0.2) is 0 Å². The average Bonchev–Trinajstić information content (AvgIpc) is 3.10. The molecule has 0 saturated carbocycles. The van der Waals surface area contributed by atoms with Gasteiger partial charge in [-0.25, -0.2) is 4.98 Å². The number of aromatic nitrogens is 2. The second-order valence-electron chi connectivity index (χ2n) is 5.27. The van der Waals surface area contributed by atoms with Gasteiger partial charge < -0.3 is 52.2 Å². The maximum Gasteiger partial charge on any atom is 4.00 e. The molecule has 17 heteroatoms. The summed E-state index contributed by atoms with van der Waals surface area (Å²) in [6, 6.07) is 0. The fraction of sp³-hybridized carbons (Fsp3) is 0.750. The summed E-state index contributed by atoms with van der Waals surface area (Å²) in [5, 5.41) is 6.29. The fourth-order valence-electron chi connectivity index (χ4n) is 1.54. The number of nitrogens with two attached hydrogens (primary N) is 4. The first kappa shape index (κ1) is 37.0. The molecule has 1 heterocycles. The standard InChI is InChI=1S/C8H16N2O7P2.2C2H8N2.2Pt/c11-8(18(12,13)14,19(15,16)17)3-1-2-5-10-6-4-9-7-10;2*3-1-2-4;;/h4,6-7,11H,1-3,5H2,(H2,12,13,14)(H2,15,16,17);2*1-4H2;;/q;;;2*+4. The molecule has 0 aliphatic carbocycles. The molecule has 174 valence electrons. The molecule has 13 nitrogen and oxygen atoms in total. The monoisotopic (exact) mass is 824 g/mol. The van der Waals surface area contributed by atoms with Gasteiger partial charge in [0.25, 0.3) is 5.08 Å². The quantitative estimate of drug-likeness (QED) is 0.0956. The van der Waals surface area contributed by atoms with E-state index in [4.69, 9.17) is 42.5 Å². The van der Waals surface area contributed by atoms with Gasteiger partial charge in [-0.05, 0) is 19.3 Å². The number of hydrogen-bond acceptors (Lipinski definition) is 8. The predicted molar refractivity (Wildman–Crippen MR) is 101 cm³/mol. The van der Waals surface area contributed by atoms with Crippen LogP contribution in [-0.4, -0.2) is 65.5 Å². The predicted octanol–water partition coefficient (Wildman–Crippen LogP) is -2.14. The molecule has 0 aromatic carbocycles. The number of hydrogen-bond donors (Lipinski definition) is 9. The van der Waals surface area contributed by atoms with Crippen LogP contribution in [0.5, 0.6) is 0 Å². The molecule has 13 N–H and O–H groups in total. The number of imidazole rings is 1. The minimum absolute atomic E-state index is 0. The van der Waals surface area contributed by atoms with Crippen molar-refractivity contribution in [3.8, 4) is 0 Å². The third kappa shape index (κ3) is 16.0. The number of rotatable bonds is 9. The van der Waals surface area contributed by atoms with Crippen LogP contribution in [0.1, 0.15) is 19.3 Å². The second-order valence-corrected chi connectivity index (χ2v) is 9.28. The Balaban J connectivity index is -0.000000267. The maximum absolute atomic E-state index is 11.1. The van der Waals surface area contributed by atoms with E-state index in [0.717, 1.165) is 0 Å². The van der Waals surface area contributed by atoms with Crippen LogP contribution in [-0.2, 0) is 57.8 Å². The second kappa shape index (κ2) is 19.4. The van der Waals surface area contributed by atoms with Crippen molar-refractivity contribution < 1.29 is 75.9 Å². The molecule has 0 fully saturated rings. The van der Waals surface area contributed by atoms with E-state index in [0.29, 0.717) is 39.1 Å². The minimum Gasteiger partial charge on any atom is -0.368 e. The molecular weight excluding hydrogens is 792 g/mol. The Kier molecular flexibility index (Phi) is 24.7. The molecule has 0 unspecified atom stereocenters.